The fraction of sp³-hybridized carbons (Fsp3) is 0.333. The maximum absolute atomic E-state index is 14.2. The van der Waals surface area contributed by atoms with Gasteiger partial charge in [-0.25, -0.2) is 8.42 Å². The number of nitrogens with zero attached hydrogens (tertiary/aromatic N) is 3. The number of ether oxygens (including phenoxy) is 1. The lowest BCUT2D eigenvalue weighted by molar-refractivity contribution is -0.385. The standard InChI is InChI=1S/C30H35ClN4O7S/c1-5-25(30(37)32-6-2)33(17-16-22-10-8-7-9-11-22)29(36)20-34(27-18-23(31)13-15-28(27)42-4)43(40,41)24-14-12-21(3)26(19-24)35(38)39/h7-15,18-19,25H,5-6,16-17,20H2,1-4H3,(H,32,37)/t25-/m1/s1. The summed E-state index contributed by atoms with van der Waals surface area (Å²) in [7, 11) is -3.25. The van der Waals surface area contributed by atoms with Gasteiger partial charge >= 0.3 is 0 Å². The van der Waals surface area contributed by atoms with Crippen LogP contribution in [0.25, 0.3) is 0 Å². The van der Waals surface area contributed by atoms with Gasteiger partial charge < -0.3 is 15.0 Å². The number of anilines is 1. The van der Waals surface area contributed by atoms with Crippen molar-refractivity contribution in [2.45, 2.75) is 44.6 Å². The number of hydrogen-bond acceptors (Lipinski definition) is 7. The highest BCUT2D eigenvalue weighted by atomic mass is 35.5. The number of sulfonamides is 1. The molecule has 3 aromatic rings. The minimum atomic E-state index is -4.59. The Kier molecular flexibility index (Phi) is 11.5. The fourth-order valence-corrected chi connectivity index (χ4v) is 6.24. The van der Waals surface area contributed by atoms with E-state index in [2.05, 4.69) is 5.32 Å². The number of nitro benzene ring substituents is 1. The van der Waals surface area contributed by atoms with Crippen LogP contribution in [0.3, 0.4) is 0 Å². The van der Waals surface area contributed by atoms with E-state index in [9.17, 15) is 28.1 Å². The van der Waals surface area contributed by atoms with Crippen molar-refractivity contribution in [2.75, 3.05) is 31.0 Å². The first-order valence-corrected chi connectivity index (χ1v) is 15.5. The molecule has 0 bridgehead atoms. The molecule has 0 radical (unpaired) electrons. The zero-order chi connectivity index (χ0) is 31.7. The van der Waals surface area contributed by atoms with Crippen molar-refractivity contribution in [1.82, 2.24) is 10.2 Å². The highest BCUT2D eigenvalue weighted by Crippen LogP contribution is 2.36. The molecular formula is C30H35ClN4O7S. The Morgan fingerprint density at radius 1 is 1.07 bits per heavy atom. The van der Waals surface area contributed by atoms with Crippen LogP contribution in [0.2, 0.25) is 5.02 Å². The van der Waals surface area contributed by atoms with Crippen LogP contribution in [-0.2, 0) is 26.0 Å². The lowest BCUT2D eigenvalue weighted by Crippen LogP contribution is -2.53. The Balaban J connectivity index is 2.14. The second-order valence-corrected chi connectivity index (χ2v) is 12.0. The zero-order valence-electron chi connectivity index (χ0n) is 24.4. The Hall–Kier alpha value is -4.16. The van der Waals surface area contributed by atoms with E-state index in [0.717, 1.165) is 15.9 Å². The number of amides is 2. The number of methoxy groups -OCH3 is 1. The topological polar surface area (TPSA) is 139 Å². The largest absolute Gasteiger partial charge is 0.495 e. The van der Waals surface area contributed by atoms with Gasteiger partial charge in [0.25, 0.3) is 15.7 Å². The third kappa shape index (κ3) is 8.02. The van der Waals surface area contributed by atoms with Gasteiger partial charge in [-0.1, -0.05) is 54.9 Å². The van der Waals surface area contributed by atoms with E-state index in [4.69, 9.17) is 16.3 Å². The van der Waals surface area contributed by atoms with E-state index in [1.165, 1.54) is 49.3 Å². The minimum absolute atomic E-state index is 0.0411. The minimum Gasteiger partial charge on any atom is -0.495 e. The molecule has 13 heteroatoms. The van der Waals surface area contributed by atoms with Crippen LogP contribution in [0, 0.1) is 17.0 Å². The predicted molar refractivity (Wildman–Crippen MR) is 165 cm³/mol. The van der Waals surface area contributed by atoms with Gasteiger partial charge in [-0.15, -0.1) is 0 Å². The Bertz CT molecular complexity index is 1570. The van der Waals surface area contributed by atoms with Crippen molar-refractivity contribution < 1.29 is 27.7 Å². The van der Waals surface area contributed by atoms with Crippen LogP contribution < -0.4 is 14.4 Å². The quantitative estimate of drug-likeness (QED) is 0.200. The molecule has 0 saturated carbocycles. The number of aryl methyl sites for hydroxylation is 1. The molecule has 0 spiro atoms. The van der Waals surface area contributed by atoms with Crippen LogP contribution in [-0.4, -0.2) is 62.8 Å². The molecule has 11 nitrogen and oxygen atoms in total. The number of rotatable bonds is 14. The van der Waals surface area contributed by atoms with Crippen molar-refractivity contribution in [2.24, 2.45) is 0 Å². The first-order chi connectivity index (χ1) is 20.4. The molecule has 0 heterocycles. The van der Waals surface area contributed by atoms with Crippen LogP contribution in [0.15, 0.2) is 71.6 Å². The highest BCUT2D eigenvalue weighted by molar-refractivity contribution is 7.92. The Morgan fingerprint density at radius 2 is 1.77 bits per heavy atom. The van der Waals surface area contributed by atoms with Crippen LogP contribution in [0.1, 0.15) is 31.4 Å². The van der Waals surface area contributed by atoms with Gasteiger partial charge in [-0.3, -0.25) is 24.0 Å². The summed E-state index contributed by atoms with van der Waals surface area (Å²) in [6.45, 7) is 4.78. The third-order valence-corrected chi connectivity index (χ3v) is 8.87. The van der Waals surface area contributed by atoms with Crippen molar-refractivity contribution in [3.8, 4) is 5.75 Å². The van der Waals surface area contributed by atoms with Gasteiger partial charge in [0.1, 0.15) is 18.3 Å². The first-order valence-electron chi connectivity index (χ1n) is 13.7. The highest BCUT2D eigenvalue weighted by Gasteiger charge is 2.35. The van der Waals surface area contributed by atoms with E-state index >= 15 is 0 Å². The predicted octanol–water partition coefficient (Wildman–Crippen LogP) is 4.75. The molecule has 1 atom stereocenters. The molecule has 1 N–H and O–H groups in total. The first kappa shape index (κ1) is 33.3. The average Bonchev–Trinajstić information content (AvgIpc) is 2.98. The molecule has 0 aliphatic heterocycles. The molecule has 0 aromatic heterocycles. The number of likely N-dealkylation sites (N-methyl/N-ethyl adjacent to an activating group) is 1. The molecule has 43 heavy (non-hydrogen) atoms. The number of nitro groups is 1. The molecule has 3 aromatic carbocycles. The molecule has 2 amide bonds. The second-order valence-electron chi connectivity index (χ2n) is 9.67. The monoisotopic (exact) mass is 630 g/mol. The second kappa shape index (κ2) is 14.8. The van der Waals surface area contributed by atoms with E-state index in [1.54, 1.807) is 13.8 Å². The van der Waals surface area contributed by atoms with E-state index < -0.39 is 44.0 Å². The van der Waals surface area contributed by atoms with Crippen molar-refractivity contribution >= 4 is 44.8 Å². The number of carbonyl (C=O) groups is 2. The lowest BCUT2D eigenvalue weighted by atomic mass is 10.1. The number of halogens is 1. The molecule has 0 aliphatic carbocycles. The van der Waals surface area contributed by atoms with Gasteiger partial charge in [-0.05, 0) is 56.5 Å². The summed E-state index contributed by atoms with van der Waals surface area (Å²) < 4.78 is 34.6. The van der Waals surface area contributed by atoms with Gasteiger partial charge in [0, 0.05) is 29.7 Å². The maximum atomic E-state index is 14.2. The maximum Gasteiger partial charge on any atom is 0.273 e. The molecule has 230 valence electrons. The average molecular weight is 631 g/mol. The summed E-state index contributed by atoms with van der Waals surface area (Å²) >= 11 is 6.25. The summed E-state index contributed by atoms with van der Waals surface area (Å²) in [6.07, 6.45) is 0.698. The lowest BCUT2D eigenvalue weighted by Gasteiger charge is -2.33. The summed E-state index contributed by atoms with van der Waals surface area (Å²) in [5.41, 5.74) is 0.767. The van der Waals surface area contributed by atoms with Gasteiger partial charge in [0.15, 0.2) is 0 Å². The Labute approximate surface area is 256 Å². The van der Waals surface area contributed by atoms with E-state index in [-0.39, 0.29) is 40.9 Å². The van der Waals surface area contributed by atoms with Crippen LogP contribution in [0.4, 0.5) is 11.4 Å². The summed E-state index contributed by atoms with van der Waals surface area (Å²) in [5, 5.41) is 14.6. The Morgan fingerprint density at radius 3 is 2.37 bits per heavy atom. The zero-order valence-corrected chi connectivity index (χ0v) is 26.0. The smallest absolute Gasteiger partial charge is 0.273 e. The molecule has 3 rings (SSSR count). The molecule has 0 unspecified atom stereocenters. The van der Waals surface area contributed by atoms with Gasteiger partial charge in [0.05, 0.1) is 22.6 Å². The molecule has 0 aliphatic rings. The summed E-state index contributed by atoms with van der Waals surface area (Å²) in [4.78, 5) is 39.1. The van der Waals surface area contributed by atoms with Crippen molar-refractivity contribution in [3.63, 3.8) is 0 Å². The number of benzene rings is 3. The van der Waals surface area contributed by atoms with Crippen molar-refractivity contribution in [1.29, 1.82) is 0 Å². The van der Waals surface area contributed by atoms with Gasteiger partial charge in [0.2, 0.25) is 11.8 Å². The molecule has 0 fully saturated rings. The van der Waals surface area contributed by atoms with Gasteiger partial charge in [-0.2, -0.15) is 0 Å². The van der Waals surface area contributed by atoms with E-state index in [1.807, 2.05) is 30.3 Å². The van der Waals surface area contributed by atoms with Crippen molar-refractivity contribution in [3.05, 3.63) is 93.0 Å². The molecule has 0 saturated heterocycles. The normalized spacial score (nSPS) is 11.8. The molecular weight excluding hydrogens is 596 g/mol. The number of nitrogens with one attached hydrogen (secondary N) is 1. The number of carbonyl (C=O) groups excluding carboxylic acids is 2. The van der Waals surface area contributed by atoms with Crippen LogP contribution >= 0.6 is 11.6 Å². The fourth-order valence-electron chi connectivity index (χ4n) is 4.63. The summed E-state index contributed by atoms with van der Waals surface area (Å²) in [6, 6.07) is 16.3. The number of hydrogen-bond donors (Lipinski definition) is 1. The van der Waals surface area contributed by atoms with E-state index in [0.29, 0.717) is 13.0 Å². The summed E-state index contributed by atoms with van der Waals surface area (Å²) in [5.74, 6) is -0.912. The third-order valence-electron chi connectivity index (χ3n) is 6.87. The SMILES string of the molecule is CCNC(=O)[C@@H](CC)N(CCc1ccccc1)C(=O)CN(c1cc(Cl)ccc1OC)S(=O)(=O)c1ccc(C)c([N+](=O)[O-])c1. The van der Waals surface area contributed by atoms with Crippen LogP contribution in [0.5, 0.6) is 5.75 Å².